The van der Waals surface area contributed by atoms with Gasteiger partial charge in [-0.1, -0.05) is 12.8 Å². The molecule has 0 bridgehead atoms. The molecule has 3 aliphatic rings. The van der Waals surface area contributed by atoms with E-state index in [9.17, 15) is 20.1 Å². The Morgan fingerprint density at radius 2 is 1.47 bits per heavy atom. The molecule has 0 N–H and O–H groups in total. The molecule has 0 radical (unpaired) electrons. The Labute approximate surface area is 98.6 Å². The van der Waals surface area contributed by atoms with E-state index in [0.717, 1.165) is 17.7 Å². The molecule has 0 unspecified atom stereocenters. The van der Waals surface area contributed by atoms with Gasteiger partial charge in [-0.2, -0.15) is 10.5 Å². The van der Waals surface area contributed by atoms with Gasteiger partial charge in [0.05, 0.1) is 12.1 Å². The Bertz CT molecular complexity index is 493. The number of imide groups is 1. The van der Waals surface area contributed by atoms with Crippen molar-refractivity contribution in [1.82, 2.24) is 4.90 Å². The van der Waals surface area contributed by atoms with E-state index in [4.69, 9.17) is 0 Å². The molecule has 1 spiro atoms. The van der Waals surface area contributed by atoms with Crippen LogP contribution < -0.4 is 0 Å². The molecule has 3 fully saturated rings. The third-order valence-corrected chi connectivity index (χ3v) is 4.98. The Morgan fingerprint density at radius 3 is 1.82 bits per heavy atom. The maximum atomic E-state index is 12.2. The van der Waals surface area contributed by atoms with E-state index in [1.54, 1.807) is 0 Å². The number of likely N-dealkylation sites (tertiary alicyclic amines) is 1. The van der Waals surface area contributed by atoms with Crippen molar-refractivity contribution in [1.29, 1.82) is 10.5 Å². The van der Waals surface area contributed by atoms with Gasteiger partial charge in [0.25, 0.3) is 11.8 Å². The summed E-state index contributed by atoms with van der Waals surface area (Å²) in [5, 5.41) is 18.8. The van der Waals surface area contributed by atoms with Gasteiger partial charge < -0.3 is 0 Å². The van der Waals surface area contributed by atoms with Gasteiger partial charge in [-0.05, 0) is 12.8 Å². The van der Waals surface area contributed by atoms with Gasteiger partial charge in [-0.3, -0.25) is 14.5 Å². The van der Waals surface area contributed by atoms with E-state index >= 15 is 0 Å². The fourth-order valence-corrected chi connectivity index (χ4v) is 4.22. The number of hydrogen-bond acceptors (Lipinski definition) is 4. The summed E-state index contributed by atoms with van der Waals surface area (Å²) in [7, 11) is 1.36. The van der Waals surface area contributed by atoms with E-state index in [0.29, 0.717) is 12.8 Å². The van der Waals surface area contributed by atoms with E-state index < -0.39 is 28.1 Å². The minimum Gasteiger partial charge on any atom is -0.283 e. The lowest BCUT2D eigenvalue weighted by atomic mass is 9.89. The van der Waals surface area contributed by atoms with Crippen molar-refractivity contribution in [2.45, 2.75) is 25.7 Å². The van der Waals surface area contributed by atoms with Gasteiger partial charge in [0, 0.05) is 12.5 Å². The number of rotatable bonds is 0. The molecule has 2 amide bonds. The lowest BCUT2D eigenvalue weighted by molar-refractivity contribution is -0.143. The Morgan fingerprint density at radius 1 is 1.06 bits per heavy atom. The molecule has 0 aromatic carbocycles. The maximum absolute atomic E-state index is 12.2. The topological polar surface area (TPSA) is 85.0 Å². The zero-order valence-electron chi connectivity index (χ0n) is 9.49. The van der Waals surface area contributed by atoms with Crippen LogP contribution in [0.1, 0.15) is 25.7 Å². The van der Waals surface area contributed by atoms with Crippen LogP contribution in [0.2, 0.25) is 0 Å². The maximum Gasteiger partial charge on any atom is 0.252 e. The summed E-state index contributed by atoms with van der Waals surface area (Å²) in [6.07, 6.45) is 3.05. The van der Waals surface area contributed by atoms with Gasteiger partial charge in [-0.15, -0.1) is 0 Å². The number of nitrogens with zero attached hydrogens (tertiary/aromatic N) is 3. The van der Waals surface area contributed by atoms with Crippen LogP contribution in [0.4, 0.5) is 0 Å². The smallest absolute Gasteiger partial charge is 0.252 e. The average molecular weight is 229 g/mol. The highest BCUT2D eigenvalue weighted by Crippen LogP contribution is 2.86. The van der Waals surface area contributed by atoms with Gasteiger partial charge in [0.15, 0.2) is 10.8 Å². The highest BCUT2D eigenvalue weighted by molar-refractivity contribution is 6.19. The Kier molecular flexibility index (Phi) is 1.52. The summed E-state index contributed by atoms with van der Waals surface area (Å²) in [4.78, 5) is 25.3. The van der Waals surface area contributed by atoms with Gasteiger partial charge >= 0.3 is 0 Å². The number of piperidine rings is 1. The van der Waals surface area contributed by atoms with E-state index in [2.05, 4.69) is 0 Å². The molecule has 1 heterocycles. The first kappa shape index (κ1) is 10.3. The van der Waals surface area contributed by atoms with Crippen molar-refractivity contribution in [3.63, 3.8) is 0 Å². The molecule has 0 aromatic heterocycles. The normalized spacial score (nSPS) is 41.2. The highest BCUT2D eigenvalue weighted by Gasteiger charge is 2.99. The molecule has 1 aliphatic heterocycles. The van der Waals surface area contributed by atoms with Crippen LogP contribution >= 0.6 is 0 Å². The number of carbonyl (C=O) groups is 2. The van der Waals surface area contributed by atoms with Crippen LogP contribution in [0.25, 0.3) is 0 Å². The van der Waals surface area contributed by atoms with Crippen molar-refractivity contribution < 1.29 is 9.59 Å². The molecule has 2 atom stereocenters. The molecule has 17 heavy (non-hydrogen) atoms. The third-order valence-electron chi connectivity index (χ3n) is 4.98. The minimum atomic E-state index is -1.39. The molecule has 0 aromatic rings. The summed E-state index contributed by atoms with van der Waals surface area (Å²) in [6.45, 7) is 0. The molecule has 3 rings (SSSR count). The second kappa shape index (κ2) is 2.51. The quantitative estimate of drug-likeness (QED) is 0.568. The fourth-order valence-electron chi connectivity index (χ4n) is 4.22. The number of fused-ring (bicyclic) bond motifs is 3. The second-order valence-electron chi connectivity index (χ2n) is 5.18. The largest absolute Gasteiger partial charge is 0.283 e. The molecule has 2 aliphatic carbocycles. The van der Waals surface area contributed by atoms with Crippen LogP contribution in [0, 0.1) is 38.9 Å². The summed E-state index contributed by atoms with van der Waals surface area (Å²) in [5.41, 5.74) is -3.47. The van der Waals surface area contributed by atoms with Crippen LogP contribution in [0.3, 0.4) is 0 Å². The van der Waals surface area contributed by atoms with Crippen molar-refractivity contribution >= 4 is 11.8 Å². The Balaban J connectivity index is 2.28. The SMILES string of the molecule is CN1C(=O)[C@@]2(C#N)C3(CCCC3)[C@]2(C#N)C1=O. The van der Waals surface area contributed by atoms with E-state index in [1.165, 1.54) is 7.05 Å². The number of nitriles is 2. The fraction of sp³-hybridized carbons (Fsp3) is 0.667. The van der Waals surface area contributed by atoms with Crippen molar-refractivity contribution in [2.24, 2.45) is 16.2 Å². The van der Waals surface area contributed by atoms with Gasteiger partial charge in [0.1, 0.15) is 0 Å². The van der Waals surface area contributed by atoms with Crippen molar-refractivity contribution in [3.05, 3.63) is 0 Å². The second-order valence-corrected chi connectivity index (χ2v) is 5.18. The standard InChI is InChI=1S/C12H11N3O2/c1-15-8(16)11(6-13)10(4-2-3-5-10)12(11,7-14)9(15)17/h2-5H2,1H3/t11-,12-/m0/s1. The first-order valence-corrected chi connectivity index (χ1v) is 5.71. The number of carbonyl (C=O) groups excluding carboxylic acids is 2. The lowest BCUT2D eigenvalue weighted by Crippen LogP contribution is -2.38. The molecule has 1 saturated heterocycles. The van der Waals surface area contributed by atoms with Crippen molar-refractivity contribution in [3.8, 4) is 12.1 Å². The van der Waals surface area contributed by atoms with Crippen LogP contribution in [0.15, 0.2) is 0 Å². The monoisotopic (exact) mass is 229 g/mol. The summed E-state index contributed by atoms with van der Waals surface area (Å²) in [5.74, 6) is -0.957. The van der Waals surface area contributed by atoms with E-state index in [-0.39, 0.29) is 0 Å². The molecule has 86 valence electrons. The van der Waals surface area contributed by atoms with E-state index in [1.807, 2.05) is 12.1 Å². The predicted molar refractivity (Wildman–Crippen MR) is 54.8 cm³/mol. The summed E-state index contributed by atoms with van der Waals surface area (Å²) >= 11 is 0. The molecular weight excluding hydrogens is 218 g/mol. The average Bonchev–Trinajstić information content (AvgIpc) is 2.63. The van der Waals surface area contributed by atoms with Gasteiger partial charge in [-0.25, -0.2) is 0 Å². The molecule has 2 saturated carbocycles. The number of amides is 2. The Hall–Kier alpha value is -1.88. The summed E-state index contributed by atoms with van der Waals surface area (Å²) < 4.78 is 0. The van der Waals surface area contributed by atoms with Crippen LogP contribution in [-0.4, -0.2) is 23.8 Å². The van der Waals surface area contributed by atoms with Gasteiger partial charge in [0.2, 0.25) is 0 Å². The lowest BCUT2D eigenvalue weighted by Gasteiger charge is -2.21. The zero-order valence-corrected chi connectivity index (χ0v) is 9.49. The highest BCUT2D eigenvalue weighted by atomic mass is 16.2. The van der Waals surface area contributed by atoms with Crippen LogP contribution in [-0.2, 0) is 9.59 Å². The predicted octanol–water partition coefficient (Wildman–Crippen LogP) is 0.579. The molecule has 5 heteroatoms. The van der Waals surface area contributed by atoms with Crippen molar-refractivity contribution in [2.75, 3.05) is 7.05 Å². The third kappa shape index (κ3) is 0.614. The molecular formula is C12H11N3O2. The number of hydrogen-bond donors (Lipinski definition) is 0. The zero-order chi connectivity index (χ0) is 12.5. The summed E-state index contributed by atoms with van der Waals surface area (Å²) in [6, 6.07) is 4.03. The minimum absolute atomic E-state index is 0.478. The molecule has 5 nitrogen and oxygen atoms in total. The first-order chi connectivity index (χ1) is 8.05. The van der Waals surface area contributed by atoms with Crippen LogP contribution in [0.5, 0.6) is 0 Å². The first-order valence-electron chi connectivity index (χ1n) is 5.71.